The van der Waals surface area contributed by atoms with Gasteiger partial charge in [0.2, 0.25) is 5.91 Å². The van der Waals surface area contributed by atoms with Crippen molar-refractivity contribution in [2.24, 2.45) is 5.41 Å². The summed E-state index contributed by atoms with van der Waals surface area (Å²) < 4.78 is 28.4. The van der Waals surface area contributed by atoms with Crippen molar-refractivity contribution < 1.29 is 23.1 Å². The highest BCUT2D eigenvalue weighted by molar-refractivity contribution is 7.93. The van der Waals surface area contributed by atoms with E-state index in [9.17, 15) is 23.1 Å². The van der Waals surface area contributed by atoms with Gasteiger partial charge in [0.25, 0.3) is 10.0 Å². The van der Waals surface area contributed by atoms with Crippen LogP contribution in [0, 0.1) is 5.41 Å². The van der Waals surface area contributed by atoms with Gasteiger partial charge in [-0.2, -0.15) is 0 Å². The first-order valence-electron chi connectivity index (χ1n) is 9.18. The lowest BCUT2D eigenvalue weighted by Gasteiger charge is -2.18. The number of hydrogen-bond acceptors (Lipinski definition) is 4. The number of carbonyl (C=O) groups is 2. The van der Waals surface area contributed by atoms with Crippen molar-refractivity contribution in [3.8, 4) is 0 Å². The monoisotopic (exact) mass is 426 g/mol. The molecule has 0 radical (unpaired) electrons. The first-order valence-corrected chi connectivity index (χ1v) is 10.7. The lowest BCUT2D eigenvalue weighted by molar-refractivity contribution is -0.123. The lowest BCUT2D eigenvalue weighted by atomic mass is 9.95. The summed E-state index contributed by atoms with van der Waals surface area (Å²) in [6.45, 7) is 5.39. The van der Waals surface area contributed by atoms with E-state index in [2.05, 4.69) is 10.0 Å². The molecule has 0 bridgehead atoms. The van der Waals surface area contributed by atoms with E-state index >= 15 is 0 Å². The number of nitrogens with one attached hydrogen (secondary N) is 2. The molecule has 0 heterocycles. The van der Waals surface area contributed by atoms with Crippen LogP contribution < -0.4 is 10.0 Å². The molecule has 0 saturated heterocycles. The summed E-state index contributed by atoms with van der Waals surface area (Å²) in [4.78, 5) is 23.5. The van der Waals surface area contributed by atoms with Gasteiger partial charge in [-0.15, -0.1) is 0 Å². The highest BCUT2D eigenvalue weighted by atomic mass is 32.2. The van der Waals surface area contributed by atoms with Crippen LogP contribution >= 0.6 is 0 Å². The van der Waals surface area contributed by atoms with E-state index in [0.717, 1.165) is 0 Å². The number of carboxylic acid groups (broad SMARTS) is 1. The Balaban J connectivity index is 1.90. The minimum absolute atomic E-state index is 0.0202. The van der Waals surface area contributed by atoms with E-state index in [-0.39, 0.29) is 16.4 Å². The van der Waals surface area contributed by atoms with Gasteiger partial charge in [0.15, 0.2) is 0 Å². The molecule has 3 rings (SSSR count). The van der Waals surface area contributed by atoms with E-state index in [1.165, 1.54) is 24.3 Å². The van der Waals surface area contributed by atoms with Crippen LogP contribution in [-0.2, 0) is 14.8 Å². The molecule has 0 aliphatic heterocycles. The van der Waals surface area contributed by atoms with Crippen LogP contribution in [0.4, 0.5) is 11.4 Å². The molecule has 1 amide bonds. The molecule has 0 aliphatic carbocycles. The summed E-state index contributed by atoms with van der Waals surface area (Å²) in [6.07, 6.45) is 0. The summed E-state index contributed by atoms with van der Waals surface area (Å²) in [5.41, 5.74) is 0.344. The largest absolute Gasteiger partial charge is 0.478 e. The van der Waals surface area contributed by atoms with Crippen LogP contribution in [0.25, 0.3) is 10.8 Å². The Kier molecular flexibility index (Phi) is 5.54. The number of hydrogen-bond donors (Lipinski definition) is 3. The molecule has 0 aliphatic rings. The molecule has 8 heteroatoms. The van der Waals surface area contributed by atoms with Gasteiger partial charge in [0, 0.05) is 22.2 Å². The average Bonchev–Trinajstić information content (AvgIpc) is 2.67. The van der Waals surface area contributed by atoms with E-state index in [1.54, 1.807) is 57.2 Å². The fraction of sp³-hybridized carbons (Fsp3) is 0.182. The van der Waals surface area contributed by atoms with Crippen LogP contribution in [0.3, 0.4) is 0 Å². The third-order valence-corrected chi connectivity index (χ3v) is 5.92. The Morgan fingerprint density at radius 2 is 1.40 bits per heavy atom. The summed E-state index contributed by atoms with van der Waals surface area (Å²) >= 11 is 0. The molecule has 30 heavy (non-hydrogen) atoms. The molecule has 0 aromatic heterocycles. The third-order valence-electron chi connectivity index (χ3n) is 4.48. The first kappa shape index (κ1) is 21.3. The van der Waals surface area contributed by atoms with Crippen molar-refractivity contribution >= 4 is 44.0 Å². The number of anilines is 2. The quantitative estimate of drug-likeness (QED) is 0.562. The maximum absolute atomic E-state index is 13.0. The number of sulfonamides is 1. The van der Waals surface area contributed by atoms with Gasteiger partial charge in [-0.05, 0) is 41.8 Å². The Hall–Kier alpha value is -3.39. The topological polar surface area (TPSA) is 113 Å². The number of amides is 1. The number of carbonyl (C=O) groups excluding carboxylic acids is 1. The summed E-state index contributed by atoms with van der Waals surface area (Å²) in [7, 11) is -3.97. The Bertz CT molecular complexity index is 1230. The maximum Gasteiger partial charge on any atom is 0.336 e. The molecule has 0 atom stereocenters. The van der Waals surface area contributed by atoms with Gasteiger partial charge in [-0.1, -0.05) is 45.0 Å². The number of rotatable bonds is 5. The first-order chi connectivity index (χ1) is 14.0. The van der Waals surface area contributed by atoms with Crippen molar-refractivity contribution in [2.45, 2.75) is 25.7 Å². The zero-order valence-corrected chi connectivity index (χ0v) is 17.6. The summed E-state index contributed by atoms with van der Waals surface area (Å²) in [5, 5.41) is 12.8. The van der Waals surface area contributed by atoms with Crippen LogP contribution in [0.15, 0.2) is 65.6 Å². The number of benzene rings is 3. The van der Waals surface area contributed by atoms with Gasteiger partial charge in [0.05, 0.1) is 10.5 Å². The van der Waals surface area contributed by atoms with E-state index in [4.69, 9.17) is 0 Å². The highest BCUT2D eigenvalue weighted by Crippen LogP contribution is 2.28. The van der Waals surface area contributed by atoms with Crippen molar-refractivity contribution in [1.82, 2.24) is 0 Å². The van der Waals surface area contributed by atoms with Crippen LogP contribution in [-0.4, -0.2) is 25.4 Å². The Morgan fingerprint density at radius 1 is 0.833 bits per heavy atom. The molecule has 3 aromatic rings. The smallest absolute Gasteiger partial charge is 0.336 e. The van der Waals surface area contributed by atoms with Crippen LogP contribution in [0.1, 0.15) is 31.1 Å². The molecular formula is C22H22N2O5S. The SMILES string of the molecule is CC(C)(C)C(=O)Nc1ccc(NS(=O)(=O)c2cccc3c(C(=O)O)cccc23)cc1. The minimum Gasteiger partial charge on any atom is -0.478 e. The predicted molar refractivity (Wildman–Crippen MR) is 116 cm³/mol. The molecular weight excluding hydrogens is 404 g/mol. The second kappa shape index (κ2) is 7.79. The normalized spacial score (nSPS) is 11.8. The lowest BCUT2D eigenvalue weighted by Crippen LogP contribution is -2.27. The van der Waals surface area contributed by atoms with Gasteiger partial charge < -0.3 is 10.4 Å². The van der Waals surface area contributed by atoms with Crippen LogP contribution in [0.2, 0.25) is 0 Å². The highest BCUT2D eigenvalue weighted by Gasteiger charge is 2.22. The van der Waals surface area contributed by atoms with Crippen LogP contribution in [0.5, 0.6) is 0 Å². The predicted octanol–water partition coefficient (Wildman–Crippen LogP) is 4.32. The van der Waals surface area contributed by atoms with Gasteiger partial charge in [-0.3, -0.25) is 9.52 Å². The Labute approximate surface area is 174 Å². The second-order valence-electron chi connectivity index (χ2n) is 7.85. The van der Waals surface area contributed by atoms with Crippen molar-refractivity contribution in [3.63, 3.8) is 0 Å². The molecule has 156 valence electrons. The number of carboxylic acids is 1. The summed E-state index contributed by atoms with van der Waals surface area (Å²) in [5.74, 6) is -1.28. The van der Waals surface area contributed by atoms with Gasteiger partial charge in [0.1, 0.15) is 0 Å². The molecule has 0 fully saturated rings. The molecule has 3 aromatic carbocycles. The molecule has 0 unspecified atom stereocenters. The third kappa shape index (κ3) is 4.44. The van der Waals surface area contributed by atoms with Crippen molar-refractivity contribution in [2.75, 3.05) is 10.0 Å². The van der Waals surface area contributed by atoms with E-state index < -0.39 is 21.4 Å². The molecule has 0 spiro atoms. The fourth-order valence-corrected chi connectivity index (χ4v) is 4.13. The number of fused-ring (bicyclic) bond motifs is 1. The van der Waals surface area contributed by atoms with Crippen molar-refractivity contribution in [3.05, 3.63) is 66.2 Å². The summed E-state index contributed by atoms with van der Waals surface area (Å²) in [6, 6.07) is 15.3. The van der Waals surface area contributed by atoms with E-state index in [0.29, 0.717) is 22.1 Å². The van der Waals surface area contributed by atoms with Gasteiger partial charge in [-0.25, -0.2) is 13.2 Å². The fourth-order valence-electron chi connectivity index (χ4n) is 2.85. The van der Waals surface area contributed by atoms with Crippen molar-refractivity contribution in [1.29, 1.82) is 0 Å². The standard InChI is InChI=1S/C22H22N2O5S/c1-22(2,3)21(27)23-14-10-12-15(13-11-14)24-30(28,29)19-9-5-6-16-17(19)7-4-8-18(16)20(25)26/h4-13,24H,1-3H3,(H,23,27)(H,25,26). The van der Waals surface area contributed by atoms with Gasteiger partial charge >= 0.3 is 5.97 Å². The molecule has 7 nitrogen and oxygen atoms in total. The van der Waals surface area contributed by atoms with E-state index in [1.807, 2.05) is 0 Å². The maximum atomic E-state index is 13.0. The average molecular weight is 426 g/mol. The zero-order valence-electron chi connectivity index (χ0n) is 16.8. The second-order valence-corrected chi connectivity index (χ2v) is 9.50. The zero-order chi connectivity index (χ0) is 22.1. The minimum atomic E-state index is -3.97. The number of aromatic carboxylic acids is 1. The molecule has 0 saturated carbocycles. The molecule has 3 N–H and O–H groups in total. The Morgan fingerprint density at radius 3 is 2.00 bits per heavy atom.